The molecule has 1 aromatic rings. The zero-order chi connectivity index (χ0) is 17.7. The van der Waals surface area contributed by atoms with E-state index in [4.69, 9.17) is 23.2 Å². The van der Waals surface area contributed by atoms with Gasteiger partial charge in [-0.05, 0) is 31.0 Å². The summed E-state index contributed by atoms with van der Waals surface area (Å²) in [5.41, 5.74) is 0. The second-order valence-corrected chi connectivity index (χ2v) is 8.95. The van der Waals surface area contributed by atoms with Gasteiger partial charge in [0.25, 0.3) is 0 Å². The number of halogens is 2. The monoisotopic (exact) mass is 392 g/mol. The van der Waals surface area contributed by atoms with E-state index in [2.05, 4.69) is 5.32 Å². The van der Waals surface area contributed by atoms with Crippen molar-refractivity contribution in [1.29, 1.82) is 0 Å². The van der Waals surface area contributed by atoms with Crippen LogP contribution in [0.5, 0.6) is 0 Å². The standard InChI is InChI=1S/C16H22Cl2N2O3S/c1-20(11-16(21)19-13-6-4-2-3-5-7-13)24(22,23)15-10-12(17)8-9-14(15)18/h8-10,13H,2-7,11H2,1H3,(H,19,21). The number of sulfonamides is 1. The fraction of sp³-hybridized carbons (Fsp3) is 0.562. The highest BCUT2D eigenvalue weighted by Crippen LogP contribution is 2.27. The van der Waals surface area contributed by atoms with Crippen LogP contribution in [-0.2, 0) is 14.8 Å². The topological polar surface area (TPSA) is 66.5 Å². The number of hydrogen-bond acceptors (Lipinski definition) is 3. The third-order valence-corrected chi connectivity index (χ3v) is 6.69. The van der Waals surface area contributed by atoms with Gasteiger partial charge in [0.2, 0.25) is 15.9 Å². The van der Waals surface area contributed by atoms with E-state index in [1.165, 1.54) is 38.1 Å². The van der Waals surface area contributed by atoms with Crippen LogP contribution in [0.15, 0.2) is 23.1 Å². The Labute approximate surface area is 153 Å². The van der Waals surface area contributed by atoms with Gasteiger partial charge in [-0.2, -0.15) is 4.31 Å². The number of benzene rings is 1. The fourth-order valence-electron chi connectivity index (χ4n) is 2.83. The molecule has 5 nitrogen and oxygen atoms in total. The average Bonchev–Trinajstić information content (AvgIpc) is 2.78. The van der Waals surface area contributed by atoms with Crippen LogP contribution in [0.1, 0.15) is 38.5 Å². The number of amides is 1. The van der Waals surface area contributed by atoms with Gasteiger partial charge in [0.15, 0.2) is 0 Å². The molecule has 24 heavy (non-hydrogen) atoms. The van der Waals surface area contributed by atoms with E-state index in [-0.39, 0.29) is 33.4 Å². The molecule has 2 rings (SSSR count). The van der Waals surface area contributed by atoms with E-state index in [0.29, 0.717) is 0 Å². The Hall–Kier alpha value is -0.820. The summed E-state index contributed by atoms with van der Waals surface area (Å²) >= 11 is 11.8. The summed E-state index contributed by atoms with van der Waals surface area (Å²) in [5.74, 6) is -0.300. The summed E-state index contributed by atoms with van der Waals surface area (Å²) in [6.07, 6.45) is 6.46. The third-order valence-electron chi connectivity index (χ3n) is 4.17. The highest BCUT2D eigenvalue weighted by Gasteiger charge is 2.26. The first-order chi connectivity index (χ1) is 11.3. The minimum absolute atomic E-state index is 0.0791. The number of nitrogens with zero attached hydrogens (tertiary/aromatic N) is 1. The lowest BCUT2D eigenvalue weighted by atomic mass is 10.1. The van der Waals surface area contributed by atoms with Crippen molar-refractivity contribution in [1.82, 2.24) is 9.62 Å². The lowest BCUT2D eigenvalue weighted by Gasteiger charge is -2.21. The maximum absolute atomic E-state index is 12.6. The van der Waals surface area contributed by atoms with Crippen molar-refractivity contribution < 1.29 is 13.2 Å². The van der Waals surface area contributed by atoms with E-state index >= 15 is 0 Å². The van der Waals surface area contributed by atoms with E-state index in [9.17, 15) is 13.2 Å². The number of nitrogens with one attached hydrogen (secondary N) is 1. The summed E-state index contributed by atoms with van der Waals surface area (Å²) in [4.78, 5) is 12.1. The third kappa shape index (κ3) is 5.09. The molecule has 134 valence electrons. The van der Waals surface area contributed by atoms with E-state index in [1.54, 1.807) is 0 Å². The Balaban J connectivity index is 2.03. The molecule has 8 heteroatoms. The van der Waals surface area contributed by atoms with Gasteiger partial charge in [0.05, 0.1) is 11.6 Å². The molecule has 0 bridgehead atoms. The summed E-state index contributed by atoms with van der Waals surface area (Å²) in [7, 11) is -2.52. The number of likely N-dealkylation sites (N-methyl/N-ethyl adjacent to an activating group) is 1. The van der Waals surface area contributed by atoms with Crippen LogP contribution >= 0.6 is 23.2 Å². The van der Waals surface area contributed by atoms with Gasteiger partial charge < -0.3 is 5.32 Å². The molecule has 1 aromatic carbocycles. The minimum Gasteiger partial charge on any atom is -0.352 e. The number of rotatable bonds is 5. The smallest absolute Gasteiger partial charge is 0.244 e. The van der Waals surface area contributed by atoms with Crippen LogP contribution in [0.2, 0.25) is 10.0 Å². The zero-order valence-corrected chi connectivity index (χ0v) is 15.9. The van der Waals surface area contributed by atoms with Gasteiger partial charge in [-0.15, -0.1) is 0 Å². The summed E-state index contributed by atoms with van der Waals surface area (Å²) in [6, 6.07) is 4.36. The van der Waals surface area contributed by atoms with Gasteiger partial charge in [-0.25, -0.2) is 8.42 Å². The van der Waals surface area contributed by atoms with Crippen molar-refractivity contribution in [2.75, 3.05) is 13.6 Å². The Morgan fingerprint density at radius 3 is 2.46 bits per heavy atom. The molecule has 0 spiro atoms. The summed E-state index contributed by atoms with van der Waals surface area (Å²) in [6.45, 7) is -0.248. The number of carbonyl (C=O) groups is 1. The number of carbonyl (C=O) groups excluding carboxylic acids is 1. The van der Waals surface area contributed by atoms with Gasteiger partial charge in [0.1, 0.15) is 4.90 Å². The molecular weight excluding hydrogens is 371 g/mol. The van der Waals surface area contributed by atoms with E-state index in [1.807, 2.05) is 0 Å². The Morgan fingerprint density at radius 1 is 1.21 bits per heavy atom. The fourth-order valence-corrected chi connectivity index (χ4v) is 4.69. The maximum Gasteiger partial charge on any atom is 0.244 e. The summed E-state index contributed by atoms with van der Waals surface area (Å²) < 4.78 is 26.2. The van der Waals surface area contributed by atoms with Crippen molar-refractivity contribution in [3.05, 3.63) is 28.2 Å². The quantitative estimate of drug-likeness (QED) is 0.780. The molecule has 0 radical (unpaired) electrons. The van der Waals surface area contributed by atoms with E-state index < -0.39 is 10.0 Å². The van der Waals surface area contributed by atoms with Crippen LogP contribution in [0.25, 0.3) is 0 Å². The van der Waals surface area contributed by atoms with Gasteiger partial charge in [-0.1, -0.05) is 48.9 Å². The molecule has 0 atom stereocenters. The highest BCUT2D eigenvalue weighted by atomic mass is 35.5. The largest absolute Gasteiger partial charge is 0.352 e. The molecular formula is C16H22Cl2N2O3S. The Bertz CT molecular complexity index is 687. The van der Waals surface area contributed by atoms with Crippen LogP contribution in [-0.4, -0.2) is 38.3 Å². The van der Waals surface area contributed by atoms with Crippen LogP contribution in [0.4, 0.5) is 0 Å². The normalized spacial score (nSPS) is 16.8. The molecule has 1 fully saturated rings. The molecule has 1 N–H and O–H groups in total. The Morgan fingerprint density at radius 2 is 1.83 bits per heavy atom. The predicted octanol–water partition coefficient (Wildman–Crippen LogP) is 3.45. The van der Waals surface area contributed by atoms with Crippen molar-refractivity contribution in [2.24, 2.45) is 0 Å². The molecule has 1 amide bonds. The number of hydrogen-bond donors (Lipinski definition) is 1. The molecule has 0 aromatic heterocycles. The second kappa shape index (κ2) is 8.52. The van der Waals surface area contributed by atoms with Gasteiger partial charge >= 0.3 is 0 Å². The lowest BCUT2D eigenvalue weighted by molar-refractivity contribution is -0.121. The highest BCUT2D eigenvalue weighted by molar-refractivity contribution is 7.89. The van der Waals surface area contributed by atoms with Crippen molar-refractivity contribution >= 4 is 39.1 Å². The first-order valence-electron chi connectivity index (χ1n) is 8.01. The SMILES string of the molecule is CN(CC(=O)NC1CCCCCC1)S(=O)(=O)c1cc(Cl)ccc1Cl. The molecule has 0 saturated heterocycles. The maximum atomic E-state index is 12.6. The first-order valence-corrected chi connectivity index (χ1v) is 10.2. The lowest BCUT2D eigenvalue weighted by Crippen LogP contribution is -2.42. The average molecular weight is 393 g/mol. The molecule has 1 saturated carbocycles. The first kappa shape index (κ1) is 19.5. The predicted molar refractivity (Wildman–Crippen MR) is 95.9 cm³/mol. The molecule has 0 unspecified atom stereocenters. The summed E-state index contributed by atoms with van der Waals surface area (Å²) in [5, 5.41) is 3.29. The molecule has 0 heterocycles. The minimum atomic E-state index is -3.88. The molecule has 1 aliphatic carbocycles. The van der Waals surface area contributed by atoms with Crippen molar-refractivity contribution in [3.63, 3.8) is 0 Å². The molecule has 0 aliphatic heterocycles. The molecule has 1 aliphatic rings. The van der Waals surface area contributed by atoms with Gasteiger partial charge in [0, 0.05) is 18.1 Å². The zero-order valence-electron chi connectivity index (χ0n) is 13.6. The van der Waals surface area contributed by atoms with Crippen LogP contribution in [0.3, 0.4) is 0 Å². The Kier molecular flexibility index (Phi) is 6.92. The van der Waals surface area contributed by atoms with Gasteiger partial charge in [-0.3, -0.25) is 4.79 Å². The van der Waals surface area contributed by atoms with Crippen molar-refractivity contribution in [2.45, 2.75) is 49.5 Å². The second-order valence-electron chi connectivity index (χ2n) is 6.09. The van der Waals surface area contributed by atoms with E-state index in [0.717, 1.165) is 30.0 Å². The van der Waals surface area contributed by atoms with Crippen molar-refractivity contribution in [3.8, 4) is 0 Å². The van der Waals surface area contributed by atoms with Crippen LogP contribution < -0.4 is 5.32 Å². The van der Waals surface area contributed by atoms with Crippen LogP contribution in [0, 0.1) is 0 Å².